The van der Waals surface area contributed by atoms with Crippen LogP contribution in [-0.4, -0.2) is 15.7 Å². The predicted octanol–water partition coefficient (Wildman–Crippen LogP) is 4.51. The lowest BCUT2D eigenvalue weighted by atomic mass is 10.3. The summed E-state index contributed by atoms with van der Waals surface area (Å²) in [6.45, 7) is 0.946. The molecule has 4 rings (SSSR count). The molecule has 1 aliphatic rings. The third-order valence-corrected chi connectivity index (χ3v) is 4.48. The van der Waals surface area contributed by atoms with Crippen molar-refractivity contribution < 1.29 is 18.3 Å². The van der Waals surface area contributed by atoms with Crippen molar-refractivity contribution in [3.05, 3.63) is 65.1 Å². The van der Waals surface area contributed by atoms with Gasteiger partial charge in [0.05, 0.1) is 16.9 Å². The molecule has 1 fully saturated rings. The maximum absolute atomic E-state index is 13.0. The van der Waals surface area contributed by atoms with Crippen LogP contribution < -0.4 is 10.1 Å². The first kappa shape index (κ1) is 17.6. The van der Waals surface area contributed by atoms with Gasteiger partial charge in [-0.15, -0.1) is 0 Å². The number of hydrogen-bond acceptors (Lipinski definition) is 4. The minimum Gasteiger partial charge on any atom is -0.484 e. The van der Waals surface area contributed by atoms with Crippen molar-refractivity contribution in [3.63, 3.8) is 0 Å². The second kappa shape index (κ2) is 7.44. The third-order valence-electron chi connectivity index (χ3n) is 4.18. The third kappa shape index (κ3) is 4.49. The van der Waals surface area contributed by atoms with Crippen LogP contribution in [0.2, 0.25) is 5.02 Å². The predicted molar refractivity (Wildman–Crippen MR) is 97.4 cm³/mol. The molecule has 0 unspecified atom stereocenters. The van der Waals surface area contributed by atoms with Crippen LogP contribution in [-0.2, 0) is 13.2 Å². The molecule has 27 heavy (non-hydrogen) atoms. The topological polar surface area (TPSA) is 69.3 Å². The summed E-state index contributed by atoms with van der Waals surface area (Å²) in [7, 11) is 0. The molecular formula is C19H17ClFN3O3. The smallest absolute Gasteiger partial charge is 0.291 e. The number of nitrogens with zero attached hydrogens (tertiary/aromatic N) is 2. The van der Waals surface area contributed by atoms with Gasteiger partial charge in [0.25, 0.3) is 5.91 Å². The van der Waals surface area contributed by atoms with Crippen LogP contribution in [0.1, 0.15) is 29.2 Å². The Labute approximate surface area is 159 Å². The number of carbonyl (C=O) groups excluding carboxylic acids is 1. The van der Waals surface area contributed by atoms with Crippen molar-refractivity contribution in [3.8, 4) is 5.75 Å². The number of hydrogen-bond donors (Lipinski definition) is 1. The minimum atomic E-state index is -0.440. The summed E-state index contributed by atoms with van der Waals surface area (Å²) < 4.78 is 25.9. The summed E-state index contributed by atoms with van der Waals surface area (Å²) in [5.74, 6) is 0.842. The Balaban J connectivity index is 1.33. The minimum absolute atomic E-state index is 0.0674. The van der Waals surface area contributed by atoms with Crippen LogP contribution in [0, 0.1) is 11.7 Å². The van der Waals surface area contributed by atoms with E-state index in [1.54, 1.807) is 24.5 Å². The van der Waals surface area contributed by atoms with E-state index in [0.717, 1.165) is 6.54 Å². The molecule has 0 aliphatic heterocycles. The molecule has 140 valence electrons. The molecule has 8 heteroatoms. The lowest BCUT2D eigenvalue weighted by Gasteiger charge is -2.06. The van der Waals surface area contributed by atoms with Crippen LogP contribution in [0.15, 0.2) is 47.1 Å². The zero-order valence-electron chi connectivity index (χ0n) is 14.3. The second-order valence-corrected chi connectivity index (χ2v) is 6.89. The molecule has 0 spiro atoms. The zero-order chi connectivity index (χ0) is 18.8. The number of anilines is 1. The van der Waals surface area contributed by atoms with Gasteiger partial charge < -0.3 is 14.5 Å². The fraction of sp³-hybridized carbons (Fsp3) is 0.263. The number of benzene rings is 1. The maximum atomic E-state index is 13.0. The Bertz CT molecular complexity index is 965. The number of furan rings is 1. The molecule has 1 saturated carbocycles. The van der Waals surface area contributed by atoms with Gasteiger partial charge in [-0.1, -0.05) is 11.6 Å². The van der Waals surface area contributed by atoms with E-state index in [9.17, 15) is 9.18 Å². The molecule has 1 N–H and O–H groups in total. The highest BCUT2D eigenvalue weighted by Crippen LogP contribution is 2.30. The highest BCUT2D eigenvalue weighted by atomic mass is 35.5. The van der Waals surface area contributed by atoms with Gasteiger partial charge in [-0.3, -0.25) is 9.48 Å². The van der Waals surface area contributed by atoms with Gasteiger partial charge in [-0.05, 0) is 49.1 Å². The van der Waals surface area contributed by atoms with E-state index in [4.69, 9.17) is 20.8 Å². The molecule has 0 saturated heterocycles. The van der Waals surface area contributed by atoms with Crippen molar-refractivity contribution in [2.24, 2.45) is 5.92 Å². The molecule has 1 aromatic carbocycles. The average molecular weight is 390 g/mol. The first-order valence-electron chi connectivity index (χ1n) is 8.57. The van der Waals surface area contributed by atoms with E-state index in [-0.39, 0.29) is 23.3 Å². The van der Waals surface area contributed by atoms with Gasteiger partial charge >= 0.3 is 0 Å². The summed E-state index contributed by atoms with van der Waals surface area (Å²) in [4.78, 5) is 12.3. The molecule has 3 aromatic rings. The Hall–Kier alpha value is -2.80. The van der Waals surface area contributed by atoms with Crippen LogP contribution in [0.5, 0.6) is 5.75 Å². The summed E-state index contributed by atoms with van der Waals surface area (Å²) in [6.07, 6.45) is 5.90. The Kier molecular flexibility index (Phi) is 4.85. The fourth-order valence-corrected chi connectivity index (χ4v) is 2.83. The average Bonchev–Trinajstić information content (AvgIpc) is 3.14. The SMILES string of the molecule is O=C(Nc1cnn(CC2CC2)c1)c1ccc(COc2ccc(F)cc2Cl)o1. The van der Waals surface area contributed by atoms with Gasteiger partial charge in [0.1, 0.15) is 23.9 Å². The van der Waals surface area contributed by atoms with Gasteiger partial charge in [-0.25, -0.2) is 4.39 Å². The van der Waals surface area contributed by atoms with Crippen LogP contribution in [0.3, 0.4) is 0 Å². The number of ether oxygens (including phenoxy) is 1. The molecule has 1 amide bonds. The molecule has 2 aromatic heterocycles. The lowest BCUT2D eigenvalue weighted by molar-refractivity contribution is 0.0992. The molecule has 0 radical (unpaired) electrons. The van der Waals surface area contributed by atoms with Crippen LogP contribution in [0.4, 0.5) is 10.1 Å². The summed E-state index contributed by atoms with van der Waals surface area (Å²) in [5, 5.41) is 7.16. The van der Waals surface area contributed by atoms with Crippen molar-refractivity contribution in [2.45, 2.75) is 26.0 Å². The Morgan fingerprint density at radius 2 is 2.22 bits per heavy atom. The van der Waals surface area contributed by atoms with E-state index < -0.39 is 5.82 Å². The summed E-state index contributed by atoms with van der Waals surface area (Å²) in [6, 6.07) is 7.07. The van der Waals surface area contributed by atoms with Crippen molar-refractivity contribution in [1.29, 1.82) is 0 Å². The van der Waals surface area contributed by atoms with E-state index in [2.05, 4.69) is 10.4 Å². The molecule has 0 atom stereocenters. The van der Waals surface area contributed by atoms with Gasteiger partial charge in [-0.2, -0.15) is 5.10 Å². The molecule has 6 nitrogen and oxygen atoms in total. The lowest BCUT2D eigenvalue weighted by Crippen LogP contribution is -2.10. The number of halogens is 2. The van der Waals surface area contributed by atoms with Crippen molar-refractivity contribution in [2.75, 3.05) is 5.32 Å². The Morgan fingerprint density at radius 3 is 3.00 bits per heavy atom. The second-order valence-electron chi connectivity index (χ2n) is 6.48. The monoisotopic (exact) mass is 389 g/mol. The van der Waals surface area contributed by atoms with Gasteiger partial charge in [0.2, 0.25) is 0 Å². The standard InChI is InChI=1S/C19H17ClFN3O3/c20-16-7-13(21)3-5-17(16)26-11-15-4-6-18(27-15)19(25)23-14-8-22-24(10-14)9-12-1-2-12/h3-8,10,12H,1-2,9,11H2,(H,23,25). The van der Waals surface area contributed by atoms with Gasteiger partial charge in [0, 0.05) is 12.7 Å². The number of nitrogens with one attached hydrogen (secondary N) is 1. The Morgan fingerprint density at radius 1 is 1.37 bits per heavy atom. The highest BCUT2D eigenvalue weighted by Gasteiger charge is 2.22. The van der Waals surface area contributed by atoms with Crippen LogP contribution in [0.25, 0.3) is 0 Å². The first-order chi connectivity index (χ1) is 13.1. The van der Waals surface area contributed by atoms with E-state index in [1.165, 1.54) is 31.0 Å². The van der Waals surface area contributed by atoms with E-state index in [0.29, 0.717) is 23.1 Å². The van der Waals surface area contributed by atoms with E-state index >= 15 is 0 Å². The number of carbonyl (C=O) groups is 1. The zero-order valence-corrected chi connectivity index (χ0v) is 15.1. The van der Waals surface area contributed by atoms with Crippen LogP contribution >= 0.6 is 11.6 Å². The van der Waals surface area contributed by atoms with Gasteiger partial charge in [0.15, 0.2) is 5.76 Å². The fourth-order valence-electron chi connectivity index (χ4n) is 2.60. The molecule has 0 bridgehead atoms. The van der Waals surface area contributed by atoms with E-state index in [1.807, 2.05) is 4.68 Å². The first-order valence-corrected chi connectivity index (χ1v) is 8.95. The summed E-state index contributed by atoms with van der Waals surface area (Å²) in [5.41, 5.74) is 0.618. The van der Waals surface area contributed by atoms with Crippen molar-refractivity contribution >= 4 is 23.2 Å². The number of aromatic nitrogens is 2. The maximum Gasteiger partial charge on any atom is 0.291 e. The summed E-state index contributed by atoms with van der Waals surface area (Å²) >= 11 is 5.91. The molecule has 2 heterocycles. The molecule has 1 aliphatic carbocycles. The van der Waals surface area contributed by atoms with Crippen molar-refractivity contribution in [1.82, 2.24) is 9.78 Å². The number of rotatable bonds is 7. The quantitative estimate of drug-likeness (QED) is 0.645. The number of amides is 1. The molecular weight excluding hydrogens is 373 g/mol. The normalized spacial score (nSPS) is 13.6. The largest absolute Gasteiger partial charge is 0.484 e. The highest BCUT2D eigenvalue weighted by molar-refractivity contribution is 6.32.